The molecule has 1 saturated heterocycles. The molecule has 2 fully saturated rings. The van der Waals surface area contributed by atoms with Gasteiger partial charge in [0.05, 0.1) is 23.9 Å². The predicted octanol–water partition coefficient (Wildman–Crippen LogP) is 6.58. The van der Waals surface area contributed by atoms with Crippen LogP contribution in [0.4, 0.5) is 5.69 Å². The molecular weight excluding hydrogens is 440 g/mol. The Morgan fingerprint density at radius 3 is 2.41 bits per heavy atom. The number of rotatable bonds is 6. The van der Waals surface area contributed by atoms with E-state index in [1.807, 2.05) is 18.3 Å². The minimum absolute atomic E-state index is 0.00250. The lowest BCUT2D eigenvalue weighted by Gasteiger charge is -2.28. The summed E-state index contributed by atoms with van der Waals surface area (Å²) in [7, 11) is 0. The van der Waals surface area contributed by atoms with Crippen LogP contribution in [-0.4, -0.2) is 20.8 Å². The second-order valence-corrected chi connectivity index (χ2v) is 10.2. The zero-order valence-corrected chi connectivity index (χ0v) is 21.3. The maximum Gasteiger partial charge on any atom is 0.174 e. The van der Waals surface area contributed by atoms with Gasteiger partial charge in [-0.2, -0.15) is 0 Å². The van der Waals surface area contributed by atoms with Crippen LogP contribution in [-0.2, 0) is 0 Å². The second kappa shape index (κ2) is 9.41. The van der Waals surface area contributed by atoms with E-state index in [0.717, 1.165) is 35.1 Å². The number of thiocarbonyl (C=S) groups is 1. The van der Waals surface area contributed by atoms with Crippen LogP contribution in [0.15, 0.2) is 54.7 Å². The molecule has 0 amide bonds. The summed E-state index contributed by atoms with van der Waals surface area (Å²) in [5.74, 6) is 0.935. The first-order chi connectivity index (χ1) is 16.4. The Hall–Kier alpha value is -2.86. The quantitative estimate of drug-likeness (QED) is 0.409. The number of aryl methyl sites for hydroxylation is 1. The van der Waals surface area contributed by atoms with Gasteiger partial charge in [0.2, 0.25) is 0 Å². The predicted molar refractivity (Wildman–Crippen MR) is 142 cm³/mol. The summed E-state index contributed by atoms with van der Waals surface area (Å²) in [5, 5.41) is 4.30. The van der Waals surface area contributed by atoms with E-state index in [1.54, 1.807) is 0 Å². The standard InChI is InChI=1S/C28H34N4OS/c1-18(2)31-19(3)17-24(20(31)4)27-26(25-11-7-8-16-29-25)30-28(34)32(27)21-12-14-23(15-13-21)33-22-9-5-6-10-22/h7-8,11-18,22,26-27H,5-6,9-10H2,1-4H3,(H,30,34). The molecule has 0 bridgehead atoms. The first kappa shape index (κ1) is 22.9. The Kier molecular flexibility index (Phi) is 6.34. The summed E-state index contributed by atoms with van der Waals surface area (Å²) in [6.45, 7) is 8.87. The van der Waals surface area contributed by atoms with E-state index in [-0.39, 0.29) is 12.1 Å². The Morgan fingerprint density at radius 2 is 1.79 bits per heavy atom. The molecule has 178 valence electrons. The van der Waals surface area contributed by atoms with Gasteiger partial charge in [0.1, 0.15) is 5.75 Å². The van der Waals surface area contributed by atoms with E-state index in [2.05, 4.69) is 83.9 Å². The third-order valence-corrected chi connectivity index (χ3v) is 7.49. The minimum Gasteiger partial charge on any atom is -0.490 e. The first-order valence-electron chi connectivity index (χ1n) is 12.4. The third-order valence-electron chi connectivity index (χ3n) is 7.18. The van der Waals surface area contributed by atoms with Gasteiger partial charge in [0.15, 0.2) is 5.11 Å². The number of aromatic nitrogens is 2. The zero-order valence-electron chi connectivity index (χ0n) is 20.5. The molecule has 2 unspecified atom stereocenters. The van der Waals surface area contributed by atoms with Crippen molar-refractivity contribution in [3.63, 3.8) is 0 Å². The van der Waals surface area contributed by atoms with Crippen molar-refractivity contribution in [2.24, 2.45) is 0 Å². The molecule has 0 spiro atoms. The lowest BCUT2D eigenvalue weighted by molar-refractivity contribution is 0.210. The van der Waals surface area contributed by atoms with Crippen LogP contribution in [0.2, 0.25) is 0 Å². The summed E-state index contributed by atoms with van der Waals surface area (Å²) in [6.07, 6.45) is 7.04. The molecule has 34 heavy (non-hydrogen) atoms. The molecule has 3 aromatic rings. The van der Waals surface area contributed by atoms with Gasteiger partial charge in [-0.3, -0.25) is 4.98 Å². The Labute approximate surface area is 208 Å². The largest absolute Gasteiger partial charge is 0.490 e. The van der Waals surface area contributed by atoms with Crippen molar-refractivity contribution >= 4 is 23.0 Å². The van der Waals surface area contributed by atoms with Gasteiger partial charge in [-0.05, 0) is 114 Å². The maximum absolute atomic E-state index is 6.21. The average Bonchev–Trinajstić information content (AvgIpc) is 3.53. The number of pyridine rings is 1. The first-order valence-corrected chi connectivity index (χ1v) is 12.8. The number of ether oxygens (including phenoxy) is 1. The van der Waals surface area contributed by atoms with Crippen LogP contribution in [0.1, 0.15) is 80.3 Å². The van der Waals surface area contributed by atoms with Crippen LogP contribution < -0.4 is 15.0 Å². The minimum atomic E-state index is -0.0378. The Morgan fingerprint density at radius 1 is 1.06 bits per heavy atom. The molecule has 2 aliphatic rings. The van der Waals surface area contributed by atoms with Crippen LogP contribution in [0, 0.1) is 13.8 Å². The maximum atomic E-state index is 6.21. The van der Waals surface area contributed by atoms with Crippen molar-refractivity contribution in [3.8, 4) is 5.75 Å². The summed E-state index contributed by atoms with van der Waals surface area (Å²) < 4.78 is 8.61. The van der Waals surface area contributed by atoms with E-state index in [4.69, 9.17) is 17.0 Å². The molecule has 2 aromatic heterocycles. The molecule has 1 aliphatic carbocycles. The monoisotopic (exact) mass is 474 g/mol. The smallest absolute Gasteiger partial charge is 0.174 e. The lowest BCUT2D eigenvalue weighted by atomic mass is 9.96. The average molecular weight is 475 g/mol. The molecule has 1 N–H and O–H groups in total. The molecule has 6 heteroatoms. The highest BCUT2D eigenvalue weighted by Crippen LogP contribution is 2.44. The number of hydrogen-bond donors (Lipinski definition) is 1. The van der Waals surface area contributed by atoms with E-state index in [9.17, 15) is 0 Å². The lowest BCUT2D eigenvalue weighted by Crippen LogP contribution is -2.29. The number of nitrogens with zero attached hydrogens (tertiary/aromatic N) is 3. The fourth-order valence-corrected chi connectivity index (χ4v) is 6.08. The third kappa shape index (κ3) is 4.20. The highest BCUT2D eigenvalue weighted by molar-refractivity contribution is 7.80. The zero-order chi connectivity index (χ0) is 23.8. The second-order valence-electron chi connectivity index (χ2n) is 9.81. The van der Waals surface area contributed by atoms with Crippen molar-refractivity contribution in [1.29, 1.82) is 0 Å². The van der Waals surface area contributed by atoms with E-state index in [0.29, 0.717) is 12.1 Å². The van der Waals surface area contributed by atoms with Gasteiger partial charge in [0, 0.05) is 29.3 Å². The van der Waals surface area contributed by atoms with Gasteiger partial charge in [-0.25, -0.2) is 0 Å². The molecule has 1 aromatic carbocycles. The van der Waals surface area contributed by atoms with Crippen LogP contribution >= 0.6 is 12.2 Å². The molecule has 0 radical (unpaired) electrons. The van der Waals surface area contributed by atoms with E-state index < -0.39 is 0 Å². The van der Waals surface area contributed by atoms with Gasteiger partial charge in [-0.15, -0.1) is 0 Å². The normalized spacial score (nSPS) is 20.9. The van der Waals surface area contributed by atoms with Gasteiger partial charge in [-0.1, -0.05) is 6.07 Å². The molecular formula is C28H34N4OS. The number of benzene rings is 1. The van der Waals surface area contributed by atoms with Crippen molar-refractivity contribution in [3.05, 3.63) is 77.4 Å². The molecule has 5 rings (SSSR count). The van der Waals surface area contributed by atoms with Crippen molar-refractivity contribution in [1.82, 2.24) is 14.9 Å². The summed E-state index contributed by atoms with van der Waals surface area (Å²) >= 11 is 5.91. The Balaban J connectivity index is 1.54. The number of hydrogen-bond acceptors (Lipinski definition) is 3. The van der Waals surface area contributed by atoms with E-state index in [1.165, 1.54) is 29.8 Å². The van der Waals surface area contributed by atoms with Crippen LogP contribution in [0.25, 0.3) is 0 Å². The van der Waals surface area contributed by atoms with Crippen molar-refractivity contribution < 1.29 is 4.74 Å². The molecule has 3 heterocycles. The molecule has 5 nitrogen and oxygen atoms in total. The summed E-state index contributed by atoms with van der Waals surface area (Å²) in [5.41, 5.74) is 5.87. The van der Waals surface area contributed by atoms with Crippen LogP contribution in [0.5, 0.6) is 5.75 Å². The summed E-state index contributed by atoms with van der Waals surface area (Å²) in [6, 6.07) is 17.2. The Bertz CT molecular complexity index is 1150. The SMILES string of the molecule is Cc1cc(C2C(c3ccccn3)NC(=S)N2c2ccc(OC3CCCC3)cc2)c(C)n1C(C)C. The highest BCUT2D eigenvalue weighted by Gasteiger charge is 2.42. The molecule has 1 aliphatic heterocycles. The number of nitrogens with one attached hydrogen (secondary N) is 1. The van der Waals surface area contributed by atoms with E-state index >= 15 is 0 Å². The highest BCUT2D eigenvalue weighted by atomic mass is 32.1. The molecule has 2 atom stereocenters. The van der Waals surface area contributed by atoms with Gasteiger partial charge >= 0.3 is 0 Å². The van der Waals surface area contributed by atoms with Crippen molar-refractivity contribution in [2.75, 3.05) is 4.90 Å². The van der Waals surface area contributed by atoms with Gasteiger partial charge in [0.25, 0.3) is 0 Å². The van der Waals surface area contributed by atoms with Crippen LogP contribution in [0.3, 0.4) is 0 Å². The van der Waals surface area contributed by atoms with Gasteiger partial charge < -0.3 is 19.5 Å². The summed E-state index contributed by atoms with van der Waals surface area (Å²) in [4.78, 5) is 6.94. The fourth-order valence-electron chi connectivity index (χ4n) is 5.73. The number of anilines is 1. The van der Waals surface area contributed by atoms with Crippen molar-refractivity contribution in [2.45, 2.75) is 77.6 Å². The topological polar surface area (TPSA) is 42.3 Å². The molecule has 1 saturated carbocycles. The fraction of sp³-hybridized carbons (Fsp3) is 0.429.